The van der Waals surface area contributed by atoms with Gasteiger partial charge in [-0.25, -0.2) is 4.79 Å². The number of hydrogen-bond acceptors (Lipinski definition) is 9. The largest absolute Gasteiger partial charge is 0.480 e. The summed E-state index contributed by atoms with van der Waals surface area (Å²) in [6, 6.07) is -5.34. The Hall–Kier alpha value is -3.50. The number of guanidine groups is 1. The maximum atomic E-state index is 12.9. The average molecular weight is 518 g/mol. The van der Waals surface area contributed by atoms with Crippen LogP contribution in [0.15, 0.2) is 4.99 Å². The molecule has 5 atom stereocenters. The van der Waals surface area contributed by atoms with Crippen LogP contribution in [0.3, 0.4) is 0 Å². The summed E-state index contributed by atoms with van der Waals surface area (Å²) in [6.07, 6.45) is -0.462. The Morgan fingerprint density at radius 3 is 1.97 bits per heavy atom. The number of hydrogen-bond donors (Lipinski definition) is 10. The molecule has 0 aromatic heterocycles. The van der Waals surface area contributed by atoms with Gasteiger partial charge in [0.15, 0.2) is 5.96 Å². The molecule has 0 aliphatic rings. The van der Waals surface area contributed by atoms with E-state index in [2.05, 4.69) is 20.9 Å². The van der Waals surface area contributed by atoms with Gasteiger partial charge in [-0.15, -0.1) is 0 Å². The number of nitrogens with two attached hydrogens (primary N) is 5. The van der Waals surface area contributed by atoms with E-state index in [1.807, 2.05) is 0 Å². The molecule has 0 heterocycles. The van der Waals surface area contributed by atoms with Crippen LogP contribution in [0.1, 0.15) is 45.4 Å². The number of aliphatic hydroxyl groups excluding tert-OH is 1. The molecule has 0 bridgehead atoms. The van der Waals surface area contributed by atoms with Gasteiger partial charge in [0.25, 0.3) is 0 Å². The highest BCUT2D eigenvalue weighted by atomic mass is 16.4. The first-order chi connectivity index (χ1) is 16.8. The molecule has 0 aromatic rings. The number of carbonyl (C=O) groups excluding carboxylic acids is 4. The van der Waals surface area contributed by atoms with Gasteiger partial charge in [-0.05, 0) is 45.6 Å². The quantitative estimate of drug-likeness (QED) is 0.0467. The Morgan fingerprint density at radius 1 is 0.861 bits per heavy atom. The number of aliphatic carboxylic acids is 1. The van der Waals surface area contributed by atoms with Crippen molar-refractivity contribution in [1.29, 1.82) is 0 Å². The first-order valence-electron chi connectivity index (χ1n) is 11.4. The molecule has 5 unspecified atom stereocenters. The Kier molecular flexibility index (Phi) is 15.4. The highest BCUT2D eigenvalue weighted by Crippen LogP contribution is 2.05. The van der Waals surface area contributed by atoms with Gasteiger partial charge in [0.05, 0.1) is 18.6 Å². The second kappa shape index (κ2) is 17.0. The van der Waals surface area contributed by atoms with E-state index in [-0.39, 0.29) is 25.3 Å². The number of rotatable bonds is 18. The molecule has 0 spiro atoms. The zero-order valence-electron chi connectivity index (χ0n) is 20.3. The number of carboxylic acid groups (broad SMARTS) is 1. The minimum absolute atomic E-state index is 0.0719. The van der Waals surface area contributed by atoms with Crippen molar-refractivity contribution in [3.63, 3.8) is 0 Å². The SMILES string of the molecule is CC(O)C(NC(=O)C(N)CCCN=C(N)N)C(=O)NC(CCCCN)C(=O)NC(CC(N)=O)C(=O)O. The summed E-state index contributed by atoms with van der Waals surface area (Å²) in [6.45, 7) is 1.82. The number of carboxylic acids is 1. The van der Waals surface area contributed by atoms with Gasteiger partial charge >= 0.3 is 5.97 Å². The van der Waals surface area contributed by atoms with E-state index in [4.69, 9.17) is 28.7 Å². The zero-order chi connectivity index (χ0) is 27.8. The molecule has 0 aromatic carbocycles. The molecule has 0 radical (unpaired) electrons. The third kappa shape index (κ3) is 13.4. The predicted molar refractivity (Wildman–Crippen MR) is 130 cm³/mol. The molecule has 0 saturated heterocycles. The average Bonchev–Trinajstić information content (AvgIpc) is 2.77. The molecule has 0 fully saturated rings. The van der Waals surface area contributed by atoms with Crippen molar-refractivity contribution >= 4 is 35.6 Å². The van der Waals surface area contributed by atoms with Gasteiger partial charge in [0, 0.05) is 6.54 Å². The molecule has 0 aliphatic heterocycles. The Balaban J connectivity index is 5.36. The fourth-order valence-corrected chi connectivity index (χ4v) is 3.01. The molecule has 4 amide bonds. The second-order valence-electron chi connectivity index (χ2n) is 8.20. The van der Waals surface area contributed by atoms with Crippen molar-refractivity contribution in [3.05, 3.63) is 0 Å². The molecule has 0 rings (SSSR count). The van der Waals surface area contributed by atoms with Crippen molar-refractivity contribution in [2.24, 2.45) is 33.7 Å². The lowest BCUT2D eigenvalue weighted by Crippen LogP contribution is -2.59. The first-order valence-corrected chi connectivity index (χ1v) is 11.4. The van der Waals surface area contributed by atoms with Gasteiger partial charge in [0.2, 0.25) is 23.6 Å². The topological polar surface area (TPSA) is 304 Å². The normalized spacial score (nSPS) is 14.9. The van der Waals surface area contributed by atoms with E-state index in [1.54, 1.807) is 0 Å². The number of aliphatic imine (C=N–C) groups is 1. The fourth-order valence-electron chi connectivity index (χ4n) is 3.01. The van der Waals surface area contributed by atoms with Crippen LogP contribution in [0.2, 0.25) is 0 Å². The van der Waals surface area contributed by atoms with E-state index >= 15 is 0 Å². The monoisotopic (exact) mass is 517 g/mol. The number of nitrogens with zero attached hydrogens (tertiary/aromatic N) is 1. The Labute approximate surface area is 208 Å². The predicted octanol–water partition coefficient (Wildman–Crippen LogP) is -4.71. The molecular formula is C20H39N9O7. The number of aliphatic hydroxyl groups is 1. The zero-order valence-corrected chi connectivity index (χ0v) is 20.3. The number of unbranched alkanes of at least 4 members (excludes halogenated alkanes) is 1. The summed E-state index contributed by atoms with van der Waals surface area (Å²) in [5, 5.41) is 26.2. The van der Waals surface area contributed by atoms with Crippen LogP contribution in [0.4, 0.5) is 0 Å². The third-order valence-electron chi connectivity index (χ3n) is 4.97. The standard InChI is InChI=1S/C20H39N9O7/c1-10(30)15(29-16(32)11(22)5-4-8-26-20(24)25)18(34)27-12(6-2-3-7-21)17(33)28-13(19(35)36)9-14(23)31/h10-13,15,30H,2-9,21-22H2,1H3,(H2,23,31)(H,27,34)(H,28,33)(H,29,32)(H,35,36)(H4,24,25,26). The van der Waals surface area contributed by atoms with Crippen molar-refractivity contribution in [2.45, 2.75) is 75.7 Å². The van der Waals surface area contributed by atoms with Gasteiger partial charge in [-0.1, -0.05) is 0 Å². The smallest absolute Gasteiger partial charge is 0.326 e. The molecule has 206 valence electrons. The highest BCUT2D eigenvalue weighted by molar-refractivity contribution is 5.95. The van der Waals surface area contributed by atoms with Crippen molar-refractivity contribution in [1.82, 2.24) is 16.0 Å². The highest BCUT2D eigenvalue weighted by Gasteiger charge is 2.32. The molecule has 16 heteroatoms. The van der Waals surface area contributed by atoms with Crippen molar-refractivity contribution < 1.29 is 34.2 Å². The van der Waals surface area contributed by atoms with Crippen LogP contribution in [0.5, 0.6) is 0 Å². The maximum absolute atomic E-state index is 12.9. The van der Waals surface area contributed by atoms with Gasteiger partial charge in [-0.2, -0.15) is 0 Å². The van der Waals surface area contributed by atoms with Crippen LogP contribution in [0, 0.1) is 0 Å². The number of primary amides is 1. The third-order valence-corrected chi connectivity index (χ3v) is 4.97. The molecule has 15 N–H and O–H groups in total. The molecule has 36 heavy (non-hydrogen) atoms. The summed E-state index contributed by atoms with van der Waals surface area (Å²) in [4.78, 5) is 64.2. The van der Waals surface area contributed by atoms with E-state index in [0.717, 1.165) is 0 Å². The van der Waals surface area contributed by atoms with E-state index < -0.39 is 66.3 Å². The Bertz CT molecular complexity index is 787. The summed E-state index contributed by atoms with van der Waals surface area (Å²) in [7, 11) is 0. The molecular weight excluding hydrogens is 478 g/mol. The minimum atomic E-state index is -1.60. The lowest BCUT2D eigenvalue weighted by molar-refractivity contribution is -0.144. The summed E-state index contributed by atoms with van der Waals surface area (Å²) in [5.74, 6) is -5.05. The van der Waals surface area contributed by atoms with Crippen LogP contribution in [-0.4, -0.2) is 89.1 Å². The lowest BCUT2D eigenvalue weighted by atomic mass is 10.0. The summed E-state index contributed by atoms with van der Waals surface area (Å²) in [5.41, 5.74) is 26.8. The van der Waals surface area contributed by atoms with E-state index in [0.29, 0.717) is 25.8 Å². The van der Waals surface area contributed by atoms with Crippen LogP contribution in [0.25, 0.3) is 0 Å². The Morgan fingerprint density at radius 2 is 1.47 bits per heavy atom. The maximum Gasteiger partial charge on any atom is 0.326 e. The van der Waals surface area contributed by atoms with Gasteiger partial charge in [0.1, 0.15) is 18.1 Å². The van der Waals surface area contributed by atoms with Crippen LogP contribution in [-0.2, 0) is 24.0 Å². The molecule has 0 saturated carbocycles. The lowest BCUT2D eigenvalue weighted by Gasteiger charge is -2.26. The van der Waals surface area contributed by atoms with Gasteiger partial charge in [-0.3, -0.25) is 24.2 Å². The van der Waals surface area contributed by atoms with Crippen LogP contribution < -0.4 is 44.6 Å². The van der Waals surface area contributed by atoms with Gasteiger partial charge < -0.3 is 54.8 Å². The molecule has 16 nitrogen and oxygen atoms in total. The number of carbonyl (C=O) groups is 5. The van der Waals surface area contributed by atoms with Crippen LogP contribution >= 0.6 is 0 Å². The fraction of sp³-hybridized carbons (Fsp3) is 0.700. The van der Waals surface area contributed by atoms with Crippen molar-refractivity contribution in [3.8, 4) is 0 Å². The van der Waals surface area contributed by atoms with E-state index in [1.165, 1.54) is 6.92 Å². The number of amides is 4. The first kappa shape index (κ1) is 32.5. The summed E-state index contributed by atoms with van der Waals surface area (Å²) >= 11 is 0. The molecule has 0 aliphatic carbocycles. The minimum Gasteiger partial charge on any atom is -0.480 e. The number of nitrogens with one attached hydrogen (secondary N) is 3. The van der Waals surface area contributed by atoms with E-state index in [9.17, 15) is 34.2 Å². The second-order valence-corrected chi connectivity index (χ2v) is 8.20. The van der Waals surface area contributed by atoms with Crippen molar-refractivity contribution in [2.75, 3.05) is 13.1 Å². The summed E-state index contributed by atoms with van der Waals surface area (Å²) < 4.78 is 0.